The number of aromatic nitrogens is 2. The molecule has 0 aliphatic rings. The normalized spacial score (nSPS) is 13.9. The van der Waals surface area contributed by atoms with E-state index in [0.29, 0.717) is 10.8 Å². The standard InChI is InChI=1S/C20H27ClN4OS/c1-6-7-8-18(25-27(26)20(3,4)5)15-11-17(21)19(23-12-15)24-16-10-9-14(2)22-13-16/h6,9-13,18,25H,1,7-8H2,2-5H3,(H,23,24)/t18-,27?/m1/s1. The van der Waals surface area contributed by atoms with Gasteiger partial charge < -0.3 is 9.87 Å². The van der Waals surface area contributed by atoms with E-state index < -0.39 is 11.4 Å². The highest BCUT2D eigenvalue weighted by molar-refractivity contribution is 7.90. The van der Waals surface area contributed by atoms with Gasteiger partial charge in [0.15, 0.2) is 0 Å². The van der Waals surface area contributed by atoms with Gasteiger partial charge in [0.05, 0.1) is 22.9 Å². The van der Waals surface area contributed by atoms with E-state index in [0.717, 1.165) is 29.8 Å². The maximum atomic E-state index is 12.5. The number of nitrogens with one attached hydrogen (secondary N) is 2. The minimum atomic E-state index is -1.20. The van der Waals surface area contributed by atoms with Crippen molar-refractivity contribution in [1.82, 2.24) is 14.7 Å². The van der Waals surface area contributed by atoms with Gasteiger partial charge in [-0.15, -0.1) is 11.3 Å². The summed E-state index contributed by atoms with van der Waals surface area (Å²) in [6.07, 6.45) is 6.91. The molecule has 2 atom stereocenters. The number of halogens is 1. The summed E-state index contributed by atoms with van der Waals surface area (Å²) in [5.41, 5.74) is 2.66. The van der Waals surface area contributed by atoms with Crippen molar-refractivity contribution in [1.29, 1.82) is 0 Å². The second-order valence-corrected chi connectivity index (χ2v) is 9.74. The molecule has 0 bridgehead atoms. The average Bonchev–Trinajstić information content (AvgIpc) is 2.61. The van der Waals surface area contributed by atoms with Gasteiger partial charge in [-0.3, -0.25) is 4.98 Å². The summed E-state index contributed by atoms with van der Waals surface area (Å²) in [4.78, 5) is 8.71. The van der Waals surface area contributed by atoms with Crippen molar-refractivity contribution in [2.24, 2.45) is 0 Å². The molecule has 0 fully saturated rings. The van der Waals surface area contributed by atoms with Crippen LogP contribution in [0, 0.1) is 6.92 Å². The largest absolute Gasteiger partial charge is 0.598 e. The Balaban J connectivity index is 2.19. The molecular weight excluding hydrogens is 380 g/mol. The van der Waals surface area contributed by atoms with E-state index in [9.17, 15) is 4.55 Å². The van der Waals surface area contributed by atoms with Gasteiger partial charge in [-0.1, -0.05) is 17.7 Å². The highest BCUT2D eigenvalue weighted by Gasteiger charge is 2.30. The van der Waals surface area contributed by atoms with Crippen molar-refractivity contribution in [2.45, 2.75) is 51.3 Å². The van der Waals surface area contributed by atoms with E-state index in [1.165, 1.54) is 0 Å². The van der Waals surface area contributed by atoms with Gasteiger partial charge in [-0.05, 0) is 64.3 Å². The molecule has 0 aliphatic carbocycles. The molecule has 0 radical (unpaired) electrons. The quantitative estimate of drug-likeness (QED) is 0.463. The summed E-state index contributed by atoms with van der Waals surface area (Å²) in [6.45, 7) is 11.5. The Kier molecular flexibility index (Phi) is 7.68. The third-order valence-electron chi connectivity index (χ3n) is 3.90. The smallest absolute Gasteiger partial charge is 0.149 e. The first-order chi connectivity index (χ1) is 12.7. The van der Waals surface area contributed by atoms with Crippen LogP contribution in [0.15, 0.2) is 43.2 Å². The summed E-state index contributed by atoms with van der Waals surface area (Å²) in [5.74, 6) is 0.561. The summed E-state index contributed by atoms with van der Waals surface area (Å²) in [7, 11) is 0. The van der Waals surface area contributed by atoms with Crippen LogP contribution in [0.2, 0.25) is 5.02 Å². The molecule has 2 rings (SSSR count). The van der Waals surface area contributed by atoms with Crippen molar-refractivity contribution in [3.63, 3.8) is 0 Å². The predicted octanol–water partition coefficient (Wildman–Crippen LogP) is 5.24. The number of anilines is 2. The summed E-state index contributed by atoms with van der Waals surface area (Å²) in [5, 5.41) is 3.67. The van der Waals surface area contributed by atoms with Crippen LogP contribution in [0.4, 0.5) is 11.5 Å². The predicted molar refractivity (Wildman–Crippen MR) is 115 cm³/mol. The molecule has 5 nitrogen and oxygen atoms in total. The molecular formula is C20H27ClN4OS. The van der Waals surface area contributed by atoms with Gasteiger partial charge in [0.25, 0.3) is 0 Å². The average molecular weight is 407 g/mol. The van der Waals surface area contributed by atoms with Crippen molar-refractivity contribution in [3.8, 4) is 0 Å². The van der Waals surface area contributed by atoms with Gasteiger partial charge in [0, 0.05) is 23.3 Å². The molecule has 2 aromatic heterocycles. The van der Waals surface area contributed by atoms with Gasteiger partial charge in [-0.25, -0.2) is 4.98 Å². The minimum absolute atomic E-state index is 0.122. The van der Waals surface area contributed by atoms with Crippen molar-refractivity contribution in [3.05, 3.63) is 59.5 Å². The number of rotatable bonds is 8. The first kappa shape index (κ1) is 21.7. The van der Waals surface area contributed by atoms with Crippen LogP contribution in [0.5, 0.6) is 0 Å². The number of hydrogen-bond donors (Lipinski definition) is 2. The fourth-order valence-corrected chi connectivity index (χ4v) is 3.39. The van der Waals surface area contributed by atoms with Crippen LogP contribution >= 0.6 is 11.6 Å². The zero-order valence-corrected chi connectivity index (χ0v) is 17.8. The number of nitrogens with zero attached hydrogens (tertiary/aromatic N) is 2. The molecule has 7 heteroatoms. The number of allylic oxidation sites excluding steroid dienone is 1. The number of pyridine rings is 2. The molecule has 146 valence electrons. The van der Waals surface area contributed by atoms with Crippen LogP contribution in [-0.2, 0) is 11.4 Å². The van der Waals surface area contributed by atoms with Gasteiger partial charge in [0.1, 0.15) is 10.6 Å². The third kappa shape index (κ3) is 6.50. The van der Waals surface area contributed by atoms with Crippen molar-refractivity contribution in [2.75, 3.05) is 5.32 Å². The molecule has 1 unspecified atom stereocenters. The van der Waals surface area contributed by atoms with Crippen LogP contribution in [-0.4, -0.2) is 19.3 Å². The van der Waals surface area contributed by atoms with E-state index >= 15 is 0 Å². The molecule has 0 amide bonds. The summed E-state index contributed by atoms with van der Waals surface area (Å²) >= 11 is 5.25. The molecule has 0 saturated carbocycles. The lowest BCUT2D eigenvalue weighted by molar-refractivity contribution is 0.513. The Bertz CT molecular complexity index is 762. The monoisotopic (exact) mass is 406 g/mol. The lowest BCUT2D eigenvalue weighted by atomic mass is 10.1. The zero-order valence-electron chi connectivity index (χ0n) is 16.3. The van der Waals surface area contributed by atoms with Gasteiger partial charge in [-0.2, -0.15) is 0 Å². The molecule has 0 aliphatic heterocycles. The highest BCUT2D eigenvalue weighted by atomic mass is 35.5. The van der Waals surface area contributed by atoms with Crippen LogP contribution in [0.1, 0.15) is 50.9 Å². The molecule has 0 spiro atoms. The second-order valence-electron chi connectivity index (χ2n) is 7.33. The van der Waals surface area contributed by atoms with E-state index in [4.69, 9.17) is 11.6 Å². The Morgan fingerprint density at radius 1 is 1.30 bits per heavy atom. The van der Waals surface area contributed by atoms with E-state index in [1.54, 1.807) is 12.4 Å². The summed E-state index contributed by atoms with van der Waals surface area (Å²) in [6, 6.07) is 5.58. The Hall–Kier alpha value is -1.60. The van der Waals surface area contributed by atoms with Crippen LogP contribution < -0.4 is 10.0 Å². The summed E-state index contributed by atoms with van der Waals surface area (Å²) < 4.78 is 15.4. The fraction of sp³-hybridized carbons (Fsp3) is 0.400. The van der Waals surface area contributed by atoms with E-state index in [1.807, 2.05) is 52.0 Å². The second kappa shape index (κ2) is 9.55. The molecule has 2 N–H and O–H groups in total. The van der Waals surface area contributed by atoms with Gasteiger partial charge >= 0.3 is 0 Å². The SMILES string of the molecule is C=CCC[C@@H](N[S+]([O-])C(C)(C)C)c1cnc(Nc2ccc(C)nc2)c(Cl)c1. The lowest BCUT2D eigenvalue weighted by Gasteiger charge is -2.28. The Morgan fingerprint density at radius 2 is 2.04 bits per heavy atom. The van der Waals surface area contributed by atoms with Crippen molar-refractivity contribution < 1.29 is 4.55 Å². The third-order valence-corrected chi connectivity index (χ3v) is 5.80. The highest BCUT2D eigenvalue weighted by Crippen LogP contribution is 2.29. The number of aryl methyl sites for hydroxylation is 1. The Labute approximate surface area is 170 Å². The lowest BCUT2D eigenvalue weighted by Crippen LogP contribution is -2.41. The first-order valence-electron chi connectivity index (χ1n) is 8.84. The molecule has 2 aromatic rings. The molecule has 2 heterocycles. The zero-order chi connectivity index (χ0) is 20.0. The number of hydrogen-bond acceptors (Lipinski definition) is 5. The maximum absolute atomic E-state index is 12.5. The van der Waals surface area contributed by atoms with Crippen LogP contribution in [0.3, 0.4) is 0 Å². The molecule has 0 aromatic carbocycles. The first-order valence-corrected chi connectivity index (χ1v) is 10.4. The van der Waals surface area contributed by atoms with E-state index in [2.05, 4.69) is 26.6 Å². The minimum Gasteiger partial charge on any atom is -0.598 e. The topological polar surface area (TPSA) is 72.9 Å². The van der Waals surface area contributed by atoms with Crippen LogP contribution in [0.25, 0.3) is 0 Å². The fourth-order valence-electron chi connectivity index (χ4n) is 2.30. The van der Waals surface area contributed by atoms with E-state index in [-0.39, 0.29) is 10.8 Å². The maximum Gasteiger partial charge on any atom is 0.149 e. The molecule has 0 saturated heterocycles. The Morgan fingerprint density at radius 3 is 2.59 bits per heavy atom. The van der Waals surface area contributed by atoms with Crippen molar-refractivity contribution >= 4 is 34.5 Å². The van der Waals surface area contributed by atoms with Gasteiger partial charge in [0.2, 0.25) is 0 Å². The molecule has 27 heavy (non-hydrogen) atoms.